The van der Waals surface area contributed by atoms with Crippen molar-refractivity contribution in [3.05, 3.63) is 23.5 Å². The monoisotopic (exact) mass is 247 g/mol. The third-order valence-corrected chi connectivity index (χ3v) is 3.57. The molecule has 2 unspecified atom stereocenters. The minimum absolute atomic E-state index is 0.215. The molecule has 98 valence electrons. The smallest absolute Gasteiger partial charge is 0.172 e. The zero-order valence-electron chi connectivity index (χ0n) is 11.3. The van der Waals surface area contributed by atoms with E-state index in [1.165, 1.54) is 6.42 Å². The van der Waals surface area contributed by atoms with Gasteiger partial charge in [-0.25, -0.2) is 4.98 Å². The van der Waals surface area contributed by atoms with Crippen molar-refractivity contribution in [2.75, 3.05) is 0 Å². The van der Waals surface area contributed by atoms with Crippen LogP contribution in [0.25, 0.3) is 0 Å². The lowest BCUT2D eigenvalue weighted by molar-refractivity contribution is 0.0973. The van der Waals surface area contributed by atoms with Crippen LogP contribution in [0.1, 0.15) is 49.3 Å². The van der Waals surface area contributed by atoms with Crippen LogP contribution in [0.4, 0.5) is 0 Å². The number of nitrogens with zero attached hydrogens (tertiary/aromatic N) is 1. The second kappa shape index (κ2) is 5.51. The lowest BCUT2D eigenvalue weighted by Gasteiger charge is -2.31. The van der Waals surface area contributed by atoms with Crippen molar-refractivity contribution in [3.8, 4) is 5.75 Å². The number of carbonyl (C=O) groups is 1. The largest absolute Gasteiger partial charge is 0.488 e. The second-order valence-corrected chi connectivity index (χ2v) is 5.61. The maximum absolute atomic E-state index is 11.0. The SMILES string of the molecule is Cc1ccc(OC2CC(C)CC(C)C2)c(C=O)n1. The summed E-state index contributed by atoms with van der Waals surface area (Å²) in [5, 5.41) is 0. The number of rotatable bonds is 3. The molecular weight excluding hydrogens is 226 g/mol. The van der Waals surface area contributed by atoms with Gasteiger partial charge in [-0.05, 0) is 50.2 Å². The van der Waals surface area contributed by atoms with Gasteiger partial charge in [-0.2, -0.15) is 0 Å². The van der Waals surface area contributed by atoms with Crippen molar-refractivity contribution in [2.45, 2.75) is 46.1 Å². The van der Waals surface area contributed by atoms with Gasteiger partial charge in [-0.3, -0.25) is 4.79 Å². The number of hydrogen-bond donors (Lipinski definition) is 0. The molecule has 0 radical (unpaired) electrons. The fourth-order valence-electron chi connectivity index (χ4n) is 2.90. The number of ether oxygens (including phenoxy) is 1. The molecular formula is C15H21NO2. The molecule has 1 aromatic heterocycles. The molecule has 0 saturated heterocycles. The molecule has 0 bridgehead atoms. The molecule has 1 heterocycles. The summed E-state index contributed by atoms with van der Waals surface area (Å²) in [5.41, 5.74) is 1.26. The lowest BCUT2D eigenvalue weighted by atomic mass is 9.82. The Bertz CT molecular complexity index is 421. The Morgan fingerprint density at radius 3 is 2.50 bits per heavy atom. The molecule has 1 fully saturated rings. The van der Waals surface area contributed by atoms with E-state index in [0.29, 0.717) is 23.3 Å². The van der Waals surface area contributed by atoms with E-state index in [2.05, 4.69) is 18.8 Å². The van der Waals surface area contributed by atoms with Crippen LogP contribution in [0.15, 0.2) is 12.1 Å². The Labute approximate surface area is 109 Å². The van der Waals surface area contributed by atoms with Gasteiger partial charge in [0.15, 0.2) is 6.29 Å². The van der Waals surface area contributed by atoms with Gasteiger partial charge < -0.3 is 4.74 Å². The molecule has 1 aromatic rings. The molecule has 1 saturated carbocycles. The molecule has 3 nitrogen and oxygen atoms in total. The molecule has 0 spiro atoms. The van der Waals surface area contributed by atoms with Crippen molar-refractivity contribution in [2.24, 2.45) is 11.8 Å². The highest BCUT2D eigenvalue weighted by Gasteiger charge is 2.25. The van der Waals surface area contributed by atoms with Crippen LogP contribution in [0, 0.1) is 18.8 Å². The van der Waals surface area contributed by atoms with Gasteiger partial charge in [-0.15, -0.1) is 0 Å². The first kappa shape index (κ1) is 13.1. The summed E-state index contributed by atoms with van der Waals surface area (Å²) in [6.07, 6.45) is 4.39. The summed E-state index contributed by atoms with van der Waals surface area (Å²) >= 11 is 0. The molecule has 0 aliphatic heterocycles. The average Bonchev–Trinajstić information content (AvgIpc) is 2.30. The minimum Gasteiger partial charge on any atom is -0.488 e. The third kappa shape index (κ3) is 3.09. The van der Waals surface area contributed by atoms with Gasteiger partial charge >= 0.3 is 0 Å². The normalized spacial score (nSPS) is 27.8. The maximum atomic E-state index is 11.0. The topological polar surface area (TPSA) is 39.2 Å². The molecule has 1 aliphatic carbocycles. The van der Waals surface area contributed by atoms with Gasteiger partial charge in [0.2, 0.25) is 0 Å². The predicted octanol–water partition coefficient (Wildman–Crippen LogP) is 3.41. The third-order valence-electron chi connectivity index (χ3n) is 3.57. The van der Waals surface area contributed by atoms with Crippen LogP contribution in [-0.2, 0) is 0 Å². The van der Waals surface area contributed by atoms with Crippen molar-refractivity contribution < 1.29 is 9.53 Å². The van der Waals surface area contributed by atoms with Crippen LogP contribution in [0.5, 0.6) is 5.75 Å². The van der Waals surface area contributed by atoms with E-state index in [9.17, 15) is 4.79 Å². The summed E-state index contributed by atoms with van der Waals surface area (Å²) in [5.74, 6) is 2.01. The molecule has 0 amide bonds. The summed E-state index contributed by atoms with van der Waals surface area (Å²) in [4.78, 5) is 15.2. The van der Waals surface area contributed by atoms with Crippen LogP contribution >= 0.6 is 0 Å². The van der Waals surface area contributed by atoms with Crippen LogP contribution in [0.2, 0.25) is 0 Å². The number of hydrogen-bond acceptors (Lipinski definition) is 3. The van der Waals surface area contributed by atoms with Crippen molar-refractivity contribution in [3.63, 3.8) is 0 Å². The van der Waals surface area contributed by atoms with E-state index in [1.54, 1.807) is 0 Å². The number of pyridine rings is 1. The van der Waals surface area contributed by atoms with Crippen LogP contribution < -0.4 is 4.74 Å². The Hall–Kier alpha value is -1.38. The van der Waals surface area contributed by atoms with E-state index in [1.807, 2.05) is 19.1 Å². The number of aldehydes is 1. The Balaban J connectivity index is 2.11. The average molecular weight is 247 g/mol. The first-order valence-corrected chi connectivity index (χ1v) is 6.68. The summed E-state index contributed by atoms with van der Waals surface area (Å²) in [6, 6.07) is 3.74. The molecule has 18 heavy (non-hydrogen) atoms. The highest BCUT2D eigenvalue weighted by atomic mass is 16.5. The molecule has 2 rings (SSSR count). The minimum atomic E-state index is 0.215. The first-order valence-electron chi connectivity index (χ1n) is 6.68. The van der Waals surface area contributed by atoms with E-state index in [0.717, 1.165) is 24.8 Å². The van der Waals surface area contributed by atoms with E-state index in [4.69, 9.17) is 4.74 Å². The zero-order chi connectivity index (χ0) is 13.1. The van der Waals surface area contributed by atoms with Crippen molar-refractivity contribution >= 4 is 6.29 Å². The van der Waals surface area contributed by atoms with Crippen LogP contribution in [-0.4, -0.2) is 17.4 Å². The summed E-state index contributed by atoms with van der Waals surface area (Å²) in [6.45, 7) is 6.40. The highest BCUT2D eigenvalue weighted by molar-refractivity contribution is 5.76. The maximum Gasteiger partial charge on any atom is 0.172 e. The summed E-state index contributed by atoms with van der Waals surface area (Å²) < 4.78 is 5.98. The first-order chi connectivity index (χ1) is 8.58. The highest BCUT2D eigenvalue weighted by Crippen LogP contribution is 2.31. The molecule has 3 heteroatoms. The fourth-order valence-corrected chi connectivity index (χ4v) is 2.90. The zero-order valence-corrected chi connectivity index (χ0v) is 11.3. The van der Waals surface area contributed by atoms with Crippen molar-refractivity contribution in [1.29, 1.82) is 0 Å². The number of carbonyl (C=O) groups excluding carboxylic acids is 1. The Kier molecular flexibility index (Phi) is 4.00. The van der Waals surface area contributed by atoms with Gasteiger partial charge in [0, 0.05) is 5.69 Å². The quantitative estimate of drug-likeness (QED) is 0.768. The summed E-state index contributed by atoms with van der Waals surface area (Å²) in [7, 11) is 0. The van der Waals surface area contributed by atoms with Gasteiger partial charge in [-0.1, -0.05) is 13.8 Å². The number of aromatic nitrogens is 1. The second-order valence-electron chi connectivity index (χ2n) is 5.61. The Morgan fingerprint density at radius 1 is 1.22 bits per heavy atom. The molecule has 0 N–H and O–H groups in total. The lowest BCUT2D eigenvalue weighted by Crippen LogP contribution is -2.28. The number of aryl methyl sites for hydroxylation is 1. The van der Waals surface area contributed by atoms with Gasteiger partial charge in [0.25, 0.3) is 0 Å². The fraction of sp³-hybridized carbons (Fsp3) is 0.600. The molecule has 0 aromatic carbocycles. The van der Waals surface area contributed by atoms with E-state index in [-0.39, 0.29) is 6.10 Å². The Morgan fingerprint density at radius 2 is 1.89 bits per heavy atom. The van der Waals surface area contributed by atoms with Gasteiger partial charge in [0.1, 0.15) is 11.4 Å². The van der Waals surface area contributed by atoms with Crippen LogP contribution in [0.3, 0.4) is 0 Å². The molecule has 2 atom stereocenters. The molecule has 1 aliphatic rings. The van der Waals surface area contributed by atoms with E-state index >= 15 is 0 Å². The predicted molar refractivity (Wildman–Crippen MR) is 71.0 cm³/mol. The standard InChI is InChI=1S/C15H21NO2/c1-10-6-11(2)8-13(7-10)18-15-5-4-12(3)16-14(15)9-17/h4-5,9-11,13H,6-8H2,1-3H3. The van der Waals surface area contributed by atoms with Gasteiger partial charge in [0.05, 0.1) is 6.10 Å². The van der Waals surface area contributed by atoms with Crippen molar-refractivity contribution in [1.82, 2.24) is 4.98 Å². The van der Waals surface area contributed by atoms with E-state index < -0.39 is 0 Å².